The summed E-state index contributed by atoms with van der Waals surface area (Å²) < 4.78 is 5.26. The summed E-state index contributed by atoms with van der Waals surface area (Å²) in [5, 5.41) is 0. The zero-order valence-corrected chi connectivity index (χ0v) is 11.4. The molecule has 0 aromatic rings. The number of carbonyl (C=O) groups excluding carboxylic acids is 1. The van der Waals surface area contributed by atoms with Crippen LogP contribution < -0.4 is 0 Å². The summed E-state index contributed by atoms with van der Waals surface area (Å²) >= 11 is 5.64. The number of alkyl halides is 1. The van der Waals surface area contributed by atoms with Gasteiger partial charge in [0.25, 0.3) is 0 Å². The summed E-state index contributed by atoms with van der Waals surface area (Å²) in [7, 11) is 0. The van der Waals surface area contributed by atoms with Crippen molar-refractivity contribution in [1.29, 1.82) is 0 Å². The van der Waals surface area contributed by atoms with E-state index in [4.69, 9.17) is 16.3 Å². The molecule has 0 aliphatic rings. The van der Waals surface area contributed by atoms with Gasteiger partial charge in [-0.2, -0.15) is 0 Å². The average molecular weight is 249 g/mol. The van der Waals surface area contributed by atoms with Gasteiger partial charge in [-0.1, -0.05) is 32.6 Å². The van der Waals surface area contributed by atoms with Crippen LogP contribution in [0.5, 0.6) is 0 Å². The minimum atomic E-state index is -0.173. The van der Waals surface area contributed by atoms with Crippen molar-refractivity contribution in [1.82, 2.24) is 0 Å². The van der Waals surface area contributed by atoms with E-state index in [1.807, 2.05) is 0 Å². The zero-order valence-electron chi connectivity index (χ0n) is 10.6. The van der Waals surface area contributed by atoms with Crippen LogP contribution in [0.15, 0.2) is 0 Å². The molecule has 0 N–H and O–H groups in total. The molecule has 0 amide bonds. The van der Waals surface area contributed by atoms with Crippen LogP contribution in [0, 0.1) is 0 Å². The van der Waals surface area contributed by atoms with Gasteiger partial charge < -0.3 is 4.74 Å². The van der Waals surface area contributed by atoms with Gasteiger partial charge in [-0.15, -0.1) is 11.6 Å². The van der Waals surface area contributed by atoms with Gasteiger partial charge in [0.2, 0.25) is 0 Å². The number of carbonyl (C=O) groups is 1. The number of hydrogen-bond donors (Lipinski definition) is 0. The van der Waals surface area contributed by atoms with Gasteiger partial charge >= 0.3 is 5.97 Å². The van der Waals surface area contributed by atoms with Crippen LogP contribution in [-0.2, 0) is 9.53 Å². The first-order chi connectivity index (χ1) is 7.70. The zero-order chi connectivity index (χ0) is 12.2. The van der Waals surface area contributed by atoms with E-state index >= 15 is 0 Å². The van der Waals surface area contributed by atoms with Crippen molar-refractivity contribution >= 4 is 17.6 Å². The van der Waals surface area contributed by atoms with Crippen molar-refractivity contribution in [2.45, 2.75) is 71.3 Å². The first-order valence-corrected chi connectivity index (χ1v) is 6.97. The third kappa shape index (κ3) is 10.3. The Bertz CT molecular complexity index is 171. The maximum Gasteiger partial charge on any atom is 0.302 e. The second kappa shape index (κ2) is 11.3. The van der Waals surface area contributed by atoms with Crippen LogP contribution in [0.3, 0.4) is 0 Å². The van der Waals surface area contributed by atoms with Crippen LogP contribution in [0.4, 0.5) is 0 Å². The highest BCUT2D eigenvalue weighted by Crippen LogP contribution is 2.14. The Kier molecular flexibility index (Phi) is 11.1. The topological polar surface area (TPSA) is 26.3 Å². The fourth-order valence-electron chi connectivity index (χ4n) is 1.78. The van der Waals surface area contributed by atoms with Gasteiger partial charge in [0, 0.05) is 12.8 Å². The number of unbranched alkanes of at least 4 members (excludes halogenated alkanes) is 4. The van der Waals surface area contributed by atoms with Gasteiger partial charge in [0.05, 0.1) is 0 Å². The largest absolute Gasteiger partial charge is 0.463 e. The van der Waals surface area contributed by atoms with Crippen LogP contribution >= 0.6 is 11.6 Å². The molecule has 0 aromatic heterocycles. The van der Waals surface area contributed by atoms with E-state index in [1.54, 1.807) is 0 Å². The van der Waals surface area contributed by atoms with E-state index < -0.39 is 0 Å². The molecular weight excluding hydrogens is 224 g/mol. The molecule has 0 bridgehead atoms. The van der Waals surface area contributed by atoms with Crippen LogP contribution in [0.2, 0.25) is 0 Å². The first kappa shape index (κ1) is 15.8. The Balaban J connectivity index is 3.60. The lowest BCUT2D eigenvalue weighted by Gasteiger charge is -2.16. The van der Waals surface area contributed by atoms with Gasteiger partial charge in [0.1, 0.15) is 6.10 Å². The smallest absolute Gasteiger partial charge is 0.302 e. The quantitative estimate of drug-likeness (QED) is 0.327. The summed E-state index contributed by atoms with van der Waals surface area (Å²) in [6.45, 7) is 3.69. The fraction of sp³-hybridized carbons (Fsp3) is 0.923. The Labute approximate surface area is 105 Å². The van der Waals surface area contributed by atoms with Gasteiger partial charge in [-0.25, -0.2) is 0 Å². The van der Waals surface area contributed by atoms with Crippen molar-refractivity contribution < 1.29 is 9.53 Å². The highest BCUT2D eigenvalue weighted by atomic mass is 35.5. The second-order valence-corrected chi connectivity index (χ2v) is 4.64. The Morgan fingerprint density at radius 1 is 1.12 bits per heavy atom. The average Bonchev–Trinajstić information content (AvgIpc) is 2.24. The maximum absolute atomic E-state index is 10.9. The minimum absolute atomic E-state index is 0.0814. The number of esters is 1. The maximum atomic E-state index is 10.9. The number of ether oxygens (including phenoxy) is 1. The molecule has 0 rings (SSSR count). The third-order valence-corrected chi connectivity index (χ3v) is 2.89. The van der Waals surface area contributed by atoms with E-state index in [-0.39, 0.29) is 12.1 Å². The molecule has 0 radical (unpaired) electrons. The molecule has 2 nitrogen and oxygen atoms in total. The lowest BCUT2D eigenvalue weighted by atomic mass is 10.1. The van der Waals surface area contributed by atoms with E-state index in [0.717, 1.165) is 25.7 Å². The SMILES string of the molecule is CCCCCCC[C@@H](CCCCl)OC(C)=O. The molecule has 96 valence electrons. The Hall–Kier alpha value is -0.240. The molecule has 0 aliphatic heterocycles. The van der Waals surface area contributed by atoms with Gasteiger partial charge in [-0.05, 0) is 25.7 Å². The van der Waals surface area contributed by atoms with E-state index in [9.17, 15) is 4.79 Å². The van der Waals surface area contributed by atoms with Crippen molar-refractivity contribution in [2.75, 3.05) is 5.88 Å². The van der Waals surface area contributed by atoms with Crippen molar-refractivity contribution in [3.63, 3.8) is 0 Å². The fourth-order valence-corrected chi connectivity index (χ4v) is 1.93. The van der Waals surface area contributed by atoms with Gasteiger partial charge in [0.15, 0.2) is 0 Å². The van der Waals surface area contributed by atoms with Crippen LogP contribution in [0.1, 0.15) is 65.2 Å². The molecule has 0 saturated carbocycles. The summed E-state index contributed by atoms with van der Waals surface area (Å²) in [5.74, 6) is 0.473. The molecule has 0 unspecified atom stereocenters. The summed E-state index contributed by atoms with van der Waals surface area (Å²) in [6.07, 6.45) is 9.15. The van der Waals surface area contributed by atoms with Crippen LogP contribution in [0.25, 0.3) is 0 Å². The molecule has 3 heteroatoms. The second-order valence-electron chi connectivity index (χ2n) is 4.27. The van der Waals surface area contributed by atoms with Crippen LogP contribution in [-0.4, -0.2) is 18.0 Å². The summed E-state index contributed by atoms with van der Waals surface area (Å²) in [6, 6.07) is 0. The highest BCUT2D eigenvalue weighted by molar-refractivity contribution is 6.17. The number of rotatable bonds is 10. The number of hydrogen-bond acceptors (Lipinski definition) is 2. The molecule has 16 heavy (non-hydrogen) atoms. The summed E-state index contributed by atoms with van der Waals surface area (Å²) in [4.78, 5) is 10.9. The van der Waals surface area contributed by atoms with E-state index in [1.165, 1.54) is 32.6 Å². The molecule has 0 fully saturated rings. The molecular formula is C13H25ClO2. The van der Waals surface area contributed by atoms with Crippen molar-refractivity contribution in [3.05, 3.63) is 0 Å². The molecule has 0 saturated heterocycles. The third-order valence-electron chi connectivity index (χ3n) is 2.62. The lowest BCUT2D eigenvalue weighted by molar-refractivity contribution is -0.147. The van der Waals surface area contributed by atoms with Crippen molar-refractivity contribution in [3.8, 4) is 0 Å². The van der Waals surface area contributed by atoms with E-state index in [2.05, 4.69) is 6.92 Å². The molecule has 0 spiro atoms. The number of halogens is 1. The Morgan fingerprint density at radius 2 is 1.75 bits per heavy atom. The molecule has 0 heterocycles. The molecule has 0 aromatic carbocycles. The van der Waals surface area contributed by atoms with E-state index in [0.29, 0.717) is 5.88 Å². The van der Waals surface area contributed by atoms with Crippen molar-refractivity contribution in [2.24, 2.45) is 0 Å². The Morgan fingerprint density at radius 3 is 2.31 bits per heavy atom. The molecule has 0 aliphatic carbocycles. The lowest BCUT2D eigenvalue weighted by Crippen LogP contribution is -2.16. The first-order valence-electron chi connectivity index (χ1n) is 6.43. The molecule has 1 atom stereocenters. The normalized spacial score (nSPS) is 12.4. The monoisotopic (exact) mass is 248 g/mol. The predicted molar refractivity (Wildman–Crippen MR) is 68.9 cm³/mol. The summed E-state index contributed by atoms with van der Waals surface area (Å²) in [5.41, 5.74) is 0. The highest BCUT2D eigenvalue weighted by Gasteiger charge is 2.10. The predicted octanol–water partition coefficient (Wildman–Crippen LogP) is 4.30. The minimum Gasteiger partial charge on any atom is -0.463 e. The standard InChI is InChI=1S/C13H25ClO2/c1-3-4-5-6-7-9-13(10-8-11-14)16-12(2)15/h13H,3-11H2,1-2H3/t13-/m0/s1. The van der Waals surface area contributed by atoms with Gasteiger partial charge in [-0.3, -0.25) is 4.79 Å².